The first-order valence-corrected chi connectivity index (χ1v) is 8.53. The third kappa shape index (κ3) is 4.91. The molecule has 6 nitrogen and oxygen atoms in total. The maximum Gasteiger partial charge on any atom is 0.387 e. The van der Waals surface area contributed by atoms with Gasteiger partial charge in [-0.25, -0.2) is 0 Å². The molecule has 28 heavy (non-hydrogen) atoms. The van der Waals surface area contributed by atoms with Gasteiger partial charge in [0.1, 0.15) is 13.2 Å². The van der Waals surface area contributed by atoms with Gasteiger partial charge in [-0.15, -0.1) is 0 Å². The number of benzene rings is 2. The number of amides is 1. The zero-order valence-electron chi connectivity index (χ0n) is 15.1. The predicted octanol–water partition coefficient (Wildman–Crippen LogP) is 3.40. The van der Waals surface area contributed by atoms with E-state index in [1.165, 1.54) is 25.3 Å². The molecule has 1 aliphatic heterocycles. The molecule has 0 aliphatic carbocycles. The lowest BCUT2D eigenvalue weighted by Crippen LogP contribution is -2.21. The van der Waals surface area contributed by atoms with Crippen molar-refractivity contribution in [2.24, 2.45) is 0 Å². The number of para-hydroxylation sites is 1. The van der Waals surface area contributed by atoms with Crippen molar-refractivity contribution in [3.63, 3.8) is 0 Å². The van der Waals surface area contributed by atoms with E-state index in [1.807, 2.05) is 6.07 Å². The standard InChI is InChI=1S/C20H19F2NO5/c1-25-16-4-2-3-14(19(16)28-20(21)22)6-8-18(24)23-12-13-5-7-15-17(11-13)27-10-9-26-15/h2-8,11,20H,9-10,12H2,1H3,(H,23,24). The van der Waals surface area contributed by atoms with E-state index in [1.54, 1.807) is 24.3 Å². The number of ether oxygens (including phenoxy) is 4. The molecule has 0 unspecified atom stereocenters. The van der Waals surface area contributed by atoms with Crippen molar-refractivity contribution < 1.29 is 32.5 Å². The van der Waals surface area contributed by atoms with Gasteiger partial charge < -0.3 is 24.3 Å². The second-order valence-corrected chi connectivity index (χ2v) is 5.79. The number of halogens is 2. The van der Waals surface area contributed by atoms with Gasteiger partial charge in [-0.3, -0.25) is 4.79 Å². The van der Waals surface area contributed by atoms with Crippen LogP contribution in [0.25, 0.3) is 6.08 Å². The monoisotopic (exact) mass is 391 g/mol. The molecule has 3 rings (SSSR count). The largest absolute Gasteiger partial charge is 0.493 e. The molecule has 0 spiro atoms. The van der Waals surface area contributed by atoms with Crippen molar-refractivity contribution in [1.29, 1.82) is 0 Å². The van der Waals surface area contributed by atoms with Crippen LogP contribution in [0.5, 0.6) is 23.0 Å². The fourth-order valence-electron chi connectivity index (χ4n) is 2.65. The number of carbonyl (C=O) groups excluding carboxylic acids is 1. The number of methoxy groups -OCH3 is 1. The number of carbonyl (C=O) groups is 1. The summed E-state index contributed by atoms with van der Waals surface area (Å²) < 4.78 is 45.8. The van der Waals surface area contributed by atoms with Gasteiger partial charge in [-0.2, -0.15) is 8.78 Å². The van der Waals surface area contributed by atoms with E-state index in [-0.39, 0.29) is 24.0 Å². The molecule has 0 bridgehead atoms. The van der Waals surface area contributed by atoms with Gasteiger partial charge >= 0.3 is 6.61 Å². The van der Waals surface area contributed by atoms with Gasteiger partial charge in [0.15, 0.2) is 23.0 Å². The Morgan fingerprint density at radius 2 is 2.00 bits per heavy atom. The van der Waals surface area contributed by atoms with Crippen molar-refractivity contribution >= 4 is 12.0 Å². The summed E-state index contributed by atoms with van der Waals surface area (Å²) in [6, 6.07) is 10.1. The molecule has 2 aromatic rings. The lowest BCUT2D eigenvalue weighted by atomic mass is 10.1. The lowest BCUT2D eigenvalue weighted by Gasteiger charge is -2.18. The van der Waals surface area contributed by atoms with E-state index < -0.39 is 6.61 Å². The van der Waals surface area contributed by atoms with Crippen LogP contribution in [0.15, 0.2) is 42.5 Å². The minimum atomic E-state index is -3.01. The van der Waals surface area contributed by atoms with Crippen molar-refractivity contribution in [1.82, 2.24) is 5.32 Å². The highest BCUT2D eigenvalue weighted by molar-refractivity contribution is 5.92. The van der Waals surface area contributed by atoms with Crippen LogP contribution in [0.2, 0.25) is 0 Å². The highest BCUT2D eigenvalue weighted by Gasteiger charge is 2.14. The van der Waals surface area contributed by atoms with E-state index in [9.17, 15) is 13.6 Å². The van der Waals surface area contributed by atoms with Crippen LogP contribution in [0, 0.1) is 0 Å². The second-order valence-electron chi connectivity index (χ2n) is 5.79. The van der Waals surface area contributed by atoms with Crippen LogP contribution in [0.1, 0.15) is 11.1 Å². The van der Waals surface area contributed by atoms with E-state index >= 15 is 0 Å². The van der Waals surface area contributed by atoms with Crippen LogP contribution >= 0.6 is 0 Å². The van der Waals surface area contributed by atoms with Crippen LogP contribution in [-0.2, 0) is 11.3 Å². The molecule has 0 fully saturated rings. The Morgan fingerprint density at radius 1 is 1.21 bits per heavy atom. The highest BCUT2D eigenvalue weighted by atomic mass is 19.3. The number of hydrogen-bond donors (Lipinski definition) is 1. The van der Waals surface area contributed by atoms with E-state index in [0.717, 1.165) is 5.56 Å². The second kappa shape index (κ2) is 9.07. The molecule has 148 valence electrons. The number of alkyl halides is 2. The number of fused-ring (bicyclic) bond motifs is 1. The van der Waals surface area contributed by atoms with E-state index in [2.05, 4.69) is 10.1 Å². The van der Waals surface area contributed by atoms with E-state index in [4.69, 9.17) is 14.2 Å². The molecule has 1 aliphatic rings. The average molecular weight is 391 g/mol. The van der Waals surface area contributed by atoms with Gasteiger partial charge in [0.25, 0.3) is 0 Å². The summed E-state index contributed by atoms with van der Waals surface area (Å²) in [6.45, 7) is -1.74. The quantitative estimate of drug-likeness (QED) is 0.733. The normalized spacial score (nSPS) is 12.9. The molecule has 1 amide bonds. The smallest absolute Gasteiger partial charge is 0.387 e. The van der Waals surface area contributed by atoms with Crippen LogP contribution in [0.4, 0.5) is 8.78 Å². The number of hydrogen-bond acceptors (Lipinski definition) is 5. The summed E-state index contributed by atoms with van der Waals surface area (Å²) >= 11 is 0. The minimum absolute atomic E-state index is 0.129. The SMILES string of the molecule is COc1cccc(C=CC(=O)NCc2ccc3c(c2)OCCO3)c1OC(F)F. The zero-order chi connectivity index (χ0) is 19.9. The minimum Gasteiger partial charge on any atom is -0.493 e. The molecule has 1 N–H and O–H groups in total. The fourth-order valence-corrected chi connectivity index (χ4v) is 2.65. The Bertz CT molecular complexity index is 870. The first-order chi connectivity index (χ1) is 13.6. The third-order valence-corrected chi connectivity index (χ3v) is 3.92. The summed E-state index contributed by atoms with van der Waals surface area (Å²) in [5.41, 5.74) is 1.14. The first kappa shape index (κ1) is 19.5. The molecule has 0 saturated heterocycles. The Morgan fingerprint density at radius 3 is 2.75 bits per heavy atom. The average Bonchev–Trinajstić information content (AvgIpc) is 2.70. The molecule has 0 radical (unpaired) electrons. The Kier molecular flexibility index (Phi) is 6.31. The maximum atomic E-state index is 12.6. The van der Waals surface area contributed by atoms with Gasteiger partial charge in [0, 0.05) is 18.2 Å². The third-order valence-electron chi connectivity index (χ3n) is 3.92. The Labute approximate surface area is 160 Å². The van der Waals surface area contributed by atoms with Crippen molar-refractivity contribution in [3.8, 4) is 23.0 Å². The van der Waals surface area contributed by atoms with Crippen LogP contribution in [-0.4, -0.2) is 32.8 Å². The maximum absolute atomic E-state index is 12.6. The topological polar surface area (TPSA) is 66.0 Å². The molecule has 1 heterocycles. The summed E-state index contributed by atoms with van der Waals surface area (Å²) in [4.78, 5) is 12.1. The Hall–Kier alpha value is -3.29. The first-order valence-electron chi connectivity index (χ1n) is 8.53. The summed E-state index contributed by atoms with van der Waals surface area (Å²) in [7, 11) is 1.35. The van der Waals surface area contributed by atoms with Crippen LogP contribution < -0.4 is 24.3 Å². The molecule has 8 heteroatoms. The van der Waals surface area contributed by atoms with Gasteiger partial charge in [0.2, 0.25) is 5.91 Å². The van der Waals surface area contributed by atoms with Crippen molar-refractivity contribution in [2.45, 2.75) is 13.2 Å². The van der Waals surface area contributed by atoms with Crippen LogP contribution in [0.3, 0.4) is 0 Å². The highest BCUT2D eigenvalue weighted by Crippen LogP contribution is 2.33. The molecule has 0 saturated carbocycles. The Balaban J connectivity index is 1.64. The predicted molar refractivity (Wildman–Crippen MR) is 97.9 cm³/mol. The van der Waals surface area contributed by atoms with Crippen molar-refractivity contribution in [2.75, 3.05) is 20.3 Å². The fraction of sp³-hybridized carbons (Fsp3) is 0.250. The number of rotatable bonds is 7. The number of nitrogens with one attached hydrogen (secondary N) is 1. The lowest BCUT2D eigenvalue weighted by molar-refractivity contribution is -0.116. The van der Waals surface area contributed by atoms with Gasteiger partial charge in [-0.1, -0.05) is 18.2 Å². The molecule has 2 aromatic carbocycles. The van der Waals surface area contributed by atoms with Gasteiger partial charge in [-0.05, 0) is 29.8 Å². The summed E-state index contributed by atoms with van der Waals surface area (Å²) in [5, 5.41) is 2.72. The molecule has 0 aromatic heterocycles. The van der Waals surface area contributed by atoms with E-state index in [0.29, 0.717) is 30.3 Å². The molecule has 0 atom stereocenters. The summed E-state index contributed by atoms with van der Waals surface area (Å²) in [6.07, 6.45) is 2.63. The van der Waals surface area contributed by atoms with Crippen molar-refractivity contribution in [3.05, 3.63) is 53.6 Å². The van der Waals surface area contributed by atoms with Gasteiger partial charge in [0.05, 0.1) is 7.11 Å². The zero-order valence-corrected chi connectivity index (χ0v) is 15.1. The molecular weight excluding hydrogens is 372 g/mol. The molecular formula is C20H19F2NO5. The summed E-state index contributed by atoms with van der Waals surface area (Å²) in [5.74, 6) is 0.945.